The standard InChI is InChI=1S/C33H54N4O4S3/c1-7-11-19-25(29(42)35-26(20-12-8-2)31(44)37-28(23(5)10-4)32(38)40-6)34-30(43)27(21-13-9-3)36-33(39)41-22-24-17-15-14-16-18-24/h14-18,23,25-28H,7-13,19-22H2,1-6H3,(H,34,43)(H,35,42)(H,36,39)(H,37,44)/t23-,25-,26-,27-,28-/m0/s1. The van der Waals surface area contributed by atoms with Crippen LogP contribution in [0.5, 0.6) is 0 Å². The van der Waals surface area contributed by atoms with Crippen molar-refractivity contribution in [3.63, 3.8) is 0 Å². The van der Waals surface area contributed by atoms with Crippen LogP contribution in [0.15, 0.2) is 30.3 Å². The molecule has 8 nitrogen and oxygen atoms in total. The molecule has 0 saturated carbocycles. The summed E-state index contributed by atoms with van der Waals surface area (Å²) in [6, 6.07) is 8.13. The fraction of sp³-hybridized carbons (Fsp3) is 0.667. The van der Waals surface area contributed by atoms with Gasteiger partial charge < -0.3 is 30.7 Å². The van der Waals surface area contributed by atoms with Gasteiger partial charge in [-0.1, -0.05) is 147 Å². The van der Waals surface area contributed by atoms with Crippen molar-refractivity contribution in [2.45, 2.75) is 130 Å². The second-order valence-electron chi connectivity index (χ2n) is 11.2. The van der Waals surface area contributed by atoms with Gasteiger partial charge in [0.15, 0.2) is 0 Å². The second-order valence-corrected chi connectivity index (χ2v) is 12.5. The number of carbonyl (C=O) groups excluding carboxylic acids is 2. The number of alkyl carbamates (subject to hydrolysis) is 1. The number of hydrogen-bond acceptors (Lipinski definition) is 7. The molecule has 1 rings (SSSR count). The molecule has 5 atom stereocenters. The van der Waals surface area contributed by atoms with Crippen LogP contribution >= 0.6 is 36.7 Å². The number of amides is 1. The average molecular weight is 667 g/mol. The third-order valence-electron chi connectivity index (χ3n) is 7.59. The highest BCUT2D eigenvalue weighted by atomic mass is 32.1. The van der Waals surface area contributed by atoms with E-state index in [0.717, 1.165) is 63.4 Å². The van der Waals surface area contributed by atoms with Crippen molar-refractivity contribution in [2.75, 3.05) is 7.11 Å². The van der Waals surface area contributed by atoms with Crippen LogP contribution in [0.2, 0.25) is 0 Å². The smallest absolute Gasteiger partial charge is 0.408 e. The summed E-state index contributed by atoms with van der Waals surface area (Å²) in [5.41, 5.74) is 0.914. The van der Waals surface area contributed by atoms with Crippen molar-refractivity contribution in [2.24, 2.45) is 5.92 Å². The van der Waals surface area contributed by atoms with Crippen molar-refractivity contribution in [3.8, 4) is 0 Å². The molecule has 0 aliphatic carbocycles. The highest BCUT2D eigenvalue weighted by Gasteiger charge is 2.29. The Balaban J connectivity index is 3.03. The molecule has 0 spiro atoms. The number of thiocarbonyl (C=S) groups is 3. The van der Waals surface area contributed by atoms with Gasteiger partial charge in [0.2, 0.25) is 0 Å². The van der Waals surface area contributed by atoms with E-state index in [1.54, 1.807) is 0 Å². The largest absolute Gasteiger partial charge is 0.467 e. The van der Waals surface area contributed by atoms with Crippen LogP contribution in [-0.4, -0.2) is 58.3 Å². The van der Waals surface area contributed by atoms with E-state index >= 15 is 0 Å². The molecule has 0 fully saturated rings. The van der Waals surface area contributed by atoms with E-state index in [2.05, 4.69) is 42.0 Å². The van der Waals surface area contributed by atoms with E-state index in [0.29, 0.717) is 21.4 Å². The number of carbonyl (C=O) groups is 2. The van der Waals surface area contributed by atoms with E-state index in [-0.39, 0.29) is 30.6 Å². The van der Waals surface area contributed by atoms with E-state index in [1.165, 1.54) is 7.11 Å². The van der Waals surface area contributed by atoms with Crippen LogP contribution in [0.1, 0.15) is 104 Å². The highest BCUT2D eigenvalue weighted by Crippen LogP contribution is 2.13. The van der Waals surface area contributed by atoms with Crippen LogP contribution in [0.3, 0.4) is 0 Å². The monoisotopic (exact) mass is 666 g/mol. The number of esters is 1. The quantitative estimate of drug-likeness (QED) is 0.0817. The molecule has 0 aromatic heterocycles. The van der Waals surface area contributed by atoms with E-state index < -0.39 is 18.2 Å². The van der Waals surface area contributed by atoms with Crippen LogP contribution in [0.4, 0.5) is 4.79 Å². The Morgan fingerprint density at radius 2 is 1.18 bits per heavy atom. The first-order valence-electron chi connectivity index (χ1n) is 16.1. The molecule has 4 N–H and O–H groups in total. The fourth-order valence-electron chi connectivity index (χ4n) is 4.53. The Hall–Kier alpha value is -2.37. The topological polar surface area (TPSA) is 101 Å². The molecule has 11 heteroatoms. The Labute approximate surface area is 281 Å². The zero-order chi connectivity index (χ0) is 32.9. The normalized spacial score (nSPS) is 14.2. The van der Waals surface area contributed by atoms with E-state index in [4.69, 9.17) is 46.1 Å². The van der Waals surface area contributed by atoms with Gasteiger partial charge in [0.25, 0.3) is 0 Å². The zero-order valence-corrected chi connectivity index (χ0v) is 29.9. The van der Waals surface area contributed by atoms with Gasteiger partial charge >= 0.3 is 12.1 Å². The first-order valence-corrected chi connectivity index (χ1v) is 17.3. The Morgan fingerprint density at radius 1 is 0.727 bits per heavy atom. The van der Waals surface area contributed by atoms with Gasteiger partial charge in [-0.15, -0.1) is 0 Å². The third kappa shape index (κ3) is 15.1. The highest BCUT2D eigenvalue weighted by molar-refractivity contribution is 7.81. The molecule has 1 aromatic rings. The first kappa shape index (κ1) is 39.7. The van der Waals surface area contributed by atoms with Gasteiger partial charge in [-0.3, -0.25) is 0 Å². The maximum atomic E-state index is 12.7. The van der Waals surface area contributed by atoms with Crippen LogP contribution in [0.25, 0.3) is 0 Å². The fourth-order valence-corrected chi connectivity index (χ4v) is 5.47. The van der Waals surface area contributed by atoms with E-state index in [1.807, 2.05) is 44.2 Å². The summed E-state index contributed by atoms with van der Waals surface area (Å²) < 4.78 is 10.5. The maximum Gasteiger partial charge on any atom is 0.408 e. The molecule has 0 aliphatic rings. The molecule has 1 aromatic carbocycles. The van der Waals surface area contributed by atoms with E-state index in [9.17, 15) is 9.59 Å². The lowest BCUT2D eigenvalue weighted by molar-refractivity contribution is -0.144. The lowest BCUT2D eigenvalue weighted by Gasteiger charge is -2.31. The number of unbranched alkanes of at least 4 members (excludes halogenated alkanes) is 3. The molecule has 0 unspecified atom stereocenters. The van der Waals surface area contributed by atoms with Crippen LogP contribution < -0.4 is 21.3 Å². The molecule has 0 radical (unpaired) electrons. The van der Waals surface area contributed by atoms with Crippen molar-refractivity contribution in [1.82, 2.24) is 21.3 Å². The number of benzene rings is 1. The minimum atomic E-state index is -0.536. The number of methoxy groups -OCH3 is 1. The third-order valence-corrected chi connectivity index (χ3v) is 8.80. The Bertz CT molecular complexity index is 1030. The molecule has 44 heavy (non-hydrogen) atoms. The summed E-state index contributed by atoms with van der Waals surface area (Å²) in [4.78, 5) is 26.9. The predicted molar refractivity (Wildman–Crippen MR) is 192 cm³/mol. The van der Waals surface area contributed by atoms with Gasteiger partial charge in [0.05, 0.1) is 40.2 Å². The van der Waals surface area contributed by atoms with Gasteiger partial charge in [-0.05, 0) is 30.7 Å². The zero-order valence-electron chi connectivity index (χ0n) is 27.4. The van der Waals surface area contributed by atoms with Crippen molar-refractivity contribution < 1.29 is 19.1 Å². The molecule has 0 aliphatic heterocycles. The summed E-state index contributed by atoms with van der Waals surface area (Å²) in [5, 5.41) is 13.2. The minimum Gasteiger partial charge on any atom is -0.467 e. The molecular formula is C33H54N4O4S3. The van der Waals surface area contributed by atoms with Gasteiger partial charge in [-0.2, -0.15) is 0 Å². The molecule has 0 heterocycles. The summed E-state index contributed by atoms with van der Waals surface area (Å²) in [5.74, 6) is -0.290. The molecule has 1 amide bonds. The molecule has 248 valence electrons. The van der Waals surface area contributed by atoms with Crippen LogP contribution in [0, 0.1) is 5.92 Å². The SMILES string of the molecule is CCCC[C@H](NC(=O)OCc1ccccc1)C(=S)N[C@@H](CCCC)C(=S)N[C@@H](CCCC)C(=S)N[C@H](C(=O)OC)[C@@H](C)CC. The summed E-state index contributed by atoms with van der Waals surface area (Å²) >= 11 is 17.6. The number of nitrogens with one attached hydrogen (secondary N) is 4. The minimum absolute atomic E-state index is 0.0439. The molecule has 0 saturated heterocycles. The van der Waals surface area contributed by atoms with Gasteiger partial charge in [0, 0.05) is 0 Å². The maximum absolute atomic E-state index is 12.7. The molecule has 0 bridgehead atoms. The Kier molecular flexibility index (Phi) is 20.8. The van der Waals surface area contributed by atoms with Crippen molar-refractivity contribution in [3.05, 3.63) is 35.9 Å². The number of hydrogen-bond donors (Lipinski definition) is 4. The van der Waals surface area contributed by atoms with Gasteiger partial charge in [-0.25, -0.2) is 9.59 Å². The Morgan fingerprint density at radius 3 is 1.61 bits per heavy atom. The second kappa shape index (κ2) is 23.0. The van der Waals surface area contributed by atoms with Gasteiger partial charge in [0.1, 0.15) is 12.6 Å². The summed E-state index contributed by atoms with van der Waals surface area (Å²) in [6.45, 7) is 10.6. The number of ether oxygens (including phenoxy) is 2. The average Bonchev–Trinajstić information content (AvgIpc) is 3.03. The first-order chi connectivity index (χ1) is 21.1. The lowest BCUT2D eigenvalue weighted by atomic mass is 9.98. The van der Waals surface area contributed by atoms with Crippen molar-refractivity contribution in [1.29, 1.82) is 0 Å². The number of rotatable bonds is 21. The van der Waals surface area contributed by atoms with Crippen LogP contribution in [-0.2, 0) is 20.9 Å². The van der Waals surface area contributed by atoms with Crippen molar-refractivity contribution >= 4 is 63.7 Å². The predicted octanol–water partition coefficient (Wildman–Crippen LogP) is 6.93. The molecular weight excluding hydrogens is 613 g/mol. The lowest BCUT2D eigenvalue weighted by Crippen LogP contribution is -2.57. The summed E-state index contributed by atoms with van der Waals surface area (Å²) in [7, 11) is 1.39. The summed E-state index contributed by atoms with van der Waals surface area (Å²) in [6.07, 6.45) is 8.21.